The van der Waals surface area contributed by atoms with Gasteiger partial charge >= 0.3 is 7.82 Å². The van der Waals surface area contributed by atoms with Gasteiger partial charge in [-0.25, -0.2) is 14.1 Å². The van der Waals surface area contributed by atoms with Crippen LogP contribution in [-0.2, 0) is 27.8 Å². The first kappa shape index (κ1) is 51.2. The quantitative estimate of drug-likeness (QED) is 0.0385. The molecule has 2 fully saturated rings. The maximum atomic E-state index is 14.9. The molecular formula is C50H68ClN6O8P. The third-order valence-corrected chi connectivity index (χ3v) is 13.9. The van der Waals surface area contributed by atoms with Gasteiger partial charge in [0.15, 0.2) is 11.6 Å². The van der Waals surface area contributed by atoms with Gasteiger partial charge in [-0.05, 0) is 69.2 Å². The Morgan fingerprint density at radius 2 is 1.48 bits per heavy atom. The van der Waals surface area contributed by atoms with E-state index in [9.17, 15) is 15.1 Å². The van der Waals surface area contributed by atoms with E-state index < -0.39 is 50.2 Å². The number of phosphoric ester groups is 1. The Bertz CT molecular complexity index is 2270. The zero-order valence-corrected chi connectivity index (χ0v) is 40.6. The van der Waals surface area contributed by atoms with E-state index in [2.05, 4.69) is 29.1 Å². The summed E-state index contributed by atoms with van der Waals surface area (Å²) in [4.78, 5) is 4.08. The van der Waals surface area contributed by atoms with Crippen LogP contribution in [0.15, 0.2) is 67.0 Å². The SMILES string of the molecule is CCCCCCCCCCCCCCCCCCCC[C@H](COP(=O)(OC[C@@]1(C#N)O[C@@H](c2ccc3c(N)ncnn23)[C@@H]2OC(C)(C)O[C@@H]21)Oc1ccccc1Cl)Oc1cccc(C#N)c1. The van der Waals surface area contributed by atoms with Gasteiger partial charge in [-0.15, -0.1) is 0 Å². The number of rotatable bonds is 30. The first-order valence-electron chi connectivity index (χ1n) is 24.0. The molecule has 66 heavy (non-hydrogen) atoms. The molecule has 2 aromatic carbocycles. The number of nitriles is 2. The normalized spacial score (nSPS) is 21.2. The second-order valence-corrected chi connectivity index (χ2v) is 20.0. The number of unbranched alkanes of at least 4 members (excludes halogenated alkanes) is 17. The lowest BCUT2D eigenvalue weighted by molar-refractivity contribution is -0.204. The summed E-state index contributed by atoms with van der Waals surface area (Å²) >= 11 is 6.50. The highest BCUT2D eigenvalue weighted by atomic mass is 35.5. The van der Waals surface area contributed by atoms with Crippen LogP contribution in [0.2, 0.25) is 5.02 Å². The number of fused-ring (bicyclic) bond motifs is 2. The van der Waals surface area contributed by atoms with Crippen molar-refractivity contribution in [3.63, 3.8) is 0 Å². The highest BCUT2D eigenvalue weighted by Crippen LogP contribution is 2.55. The molecule has 0 bridgehead atoms. The third-order valence-electron chi connectivity index (χ3n) is 12.3. The molecule has 16 heteroatoms. The summed E-state index contributed by atoms with van der Waals surface area (Å²) in [5.41, 5.74) is 5.81. The first-order valence-corrected chi connectivity index (χ1v) is 25.9. The number of aromatic nitrogens is 3. The predicted octanol–water partition coefficient (Wildman–Crippen LogP) is 12.8. The van der Waals surface area contributed by atoms with Crippen LogP contribution in [0.5, 0.6) is 11.5 Å². The average Bonchev–Trinajstić information content (AvgIpc) is 3.98. The predicted molar refractivity (Wildman–Crippen MR) is 254 cm³/mol. The summed E-state index contributed by atoms with van der Waals surface area (Å²) in [5.74, 6) is -0.315. The number of phosphoric acid groups is 1. The van der Waals surface area contributed by atoms with Crippen LogP contribution in [0.4, 0.5) is 5.82 Å². The zero-order valence-electron chi connectivity index (χ0n) is 38.9. The highest BCUT2D eigenvalue weighted by molar-refractivity contribution is 7.49. The summed E-state index contributed by atoms with van der Waals surface area (Å²) in [7, 11) is -4.61. The molecule has 0 amide bonds. The minimum atomic E-state index is -4.61. The molecule has 0 spiro atoms. The number of halogens is 1. The molecule has 2 aliphatic rings. The smallest absolute Gasteiger partial charge is 0.488 e. The topological polar surface area (TPSA) is 185 Å². The Hall–Kier alpha value is -4.24. The van der Waals surface area contributed by atoms with E-state index in [1.165, 1.54) is 103 Å². The van der Waals surface area contributed by atoms with Crippen LogP contribution in [-0.4, -0.2) is 57.5 Å². The number of benzene rings is 2. The van der Waals surface area contributed by atoms with E-state index in [-0.39, 0.29) is 23.2 Å². The number of nitrogens with zero attached hydrogens (tertiary/aromatic N) is 5. The molecule has 4 aromatic rings. The lowest BCUT2D eigenvalue weighted by Gasteiger charge is -2.30. The molecular weight excluding hydrogens is 879 g/mol. The van der Waals surface area contributed by atoms with E-state index in [4.69, 9.17) is 49.9 Å². The molecule has 1 unspecified atom stereocenters. The monoisotopic (exact) mass is 946 g/mol. The van der Waals surface area contributed by atoms with Crippen molar-refractivity contribution in [1.82, 2.24) is 14.6 Å². The Kier molecular flexibility index (Phi) is 19.5. The zero-order chi connectivity index (χ0) is 46.8. The molecule has 4 heterocycles. The summed E-state index contributed by atoms with van der Waals surface area (Å²) in [6, 6.07) is 21.3. The van der Waals surface area contributed by atoms with E-state index in [1.54, 1.807) is 79.0 Å². The van der Waals surface area contributed by atoms with Gasteiger partial charge in [-0.3, -0.25) is 9.05 Å². The number of nitrogen functional groups attached to an aromatic ring is 1. The molecule has 0 aliphatic carbocycles. The highest BCUT2D eigenvalue weighted by Gasteiger charge is 2.65. The number of hydrogen-bond acceptors (Lipinski definition) is 13. The molecule has 0 radical (unpaired) electrons. The van der Waals surface area contributed by atoms with Crippen molar-refractivity contribution in [1.29, 1.82) is 10.5 Å². The summed E-state index contributed by atoms with van der Waals surface area (Å²) in [6.07, 6.45) is 21.5. The van der Waals surface area contributed by atoms with E-state index in [0.29, 0.717) is 28.9 Å². The number of hydrogen-bond donors (Lipinski definition) is 1. The van der Waals surface area contributed by atoms with Crippen molar-refractivity contribution in [2.24, 2.45) is 0 Å². The number of nitrogens with two attached hydrogens (primary N) is 1. The standard InChI is InChI=1S/C50H68ClN6O8P/c1-4-5-6-7-8-9-10-11-12-13-14-15-16-17-18-19-20-21-26-40(61-39-27-24-25-38(32-39)33-52)34-59-66(58,65-44-29-23-22-28-41(44)51)60-36-50(35-53)47-46(62-49(2,3)64-47)45(63-50)42-30-31-43-48(54)55-37-56-57(42)43/h22-25,27-32,37,40,45-47H,4-21,26,34,36H2,1-3H3,(H2,54,55,56)/t40-,45+,46+,47+,50-,66?/m1/s1. The summed E-state index contributed by atoms with van der Waals surface area (Å²) in [5, 5.41) is 25.0. The number of para-hydroxylation sites is 1. The van der Waals surface area contributed by atoms with Gasteiger partial charge in [0.1, 0.15) is 60.4 Å². The van der Waals surface area contributed by atoms with Crippen molar-refractivity contribution in [2.75, 3.05) is 18.9 Å². The van der Waals surface area contributed by atoms with E-state index in [0.717, 1.165) is 19.3 Å². The summed E-state index contributed by atoms with van der Waals surface area (Å²) < 4.78 is 60.2. The molecule has 358 valence electrons. The van der Waals surface area contributed by atoms with Crippen molar-refractivity contribution in [3.8, 4) is 23.6 Å². The Labute approximate surface area is 396 Å². The first-order chi connectivity index (χ1) is 32.0. The Morgan fingerprint density at radius 3 is 2.12 bits per heavy atom. The molecule has 6 atom stereocenters. The molecule has 14 nitrogen and oxygen atoms in total. The number of ether oxygens (including phenoxy) is 4. The summed E-state index contributed by atoms with van der Waals surface area (Å²) in [6.45, 7) is 4.94. The molecule has 0 saturated carbocycles. The van der Waals surface area contributed by atoms with Crippen molar-refractivity contribution >= 4 is 30.8 Å². The van der Waals surface area contributed by atoms with Gasteiger partial charge in [0, 0.05) is 0 Å². The van der Waals surface area contributed by atoms with Crippen LogP contribution in [0.25, 0.3) is 5.52 Å². The molecule has 2 aliphatic heterocycles. The van der Waals surface area contributed by atoms with Crippen LogP contribution in [0.1, 0.15) is 160 Å². The van der Waals surface area contributed by atoms with Crippen LogP contribution < -0.4 is 15.0 Å². The van der Waals surface area contributed by atoms with Crippen molar-refractivity contribution in [3.05, 3.63) is 83.3 Å². The largest absolute Gasteiger partial charge is 0.530 e. The van der Waals surface area contributed by atoms with E-state index >= 15 is 0 Å². The van der Waals surface area contributed by atoms with Crippen molar-refractivity contribution < 1.29 is 37.1 Å². The molecule has 2 aromatic heterocycles. The van der Waals surface area contributed by atoms with Gasteiger partial charge < -0.3 is 29.2 Å². The maximum Gasteiger partial charge on any atom is 0.530 e. The van der Waals surface area contributed by atoms with Gasteiger partial charge in [-0.2, -0.15) is 15.6 Å². The molecule has 2 saturated heterocycles. The van der Waals surface area contributed by atoms with Crippen molar-refractivity contribution in [2.45, 2.75) is 179 Å². The third kappa shape index (κ3) is 14.4. The minimum absolute atomic E-state index is 0.0535. The second-order valence-electron chi connectivity index (χ2n) is 18.0. The molecule has 2 N–H and O–H groups in total. The lowest BCUT2D eigenvalue weighted by atomic mass is 9.96. The lowest BCUT2D eigenvalue weighted by Crippen LogP contribution is -2.46. The fraction of sp³-hybridized carbons (Fsp3) is 0.600. The van der Waals surface area contributed by atoms with Gasteiger partial charge in [0.2, 0.25) is 5.60 Å². The Morgan fingerprint density at radius 1 is 0.833 bits per heavy atom. The van der Waals surface area contributed by atoms with Gasteiger partial charge in [-0.1, -0.05) is 146 Å². The maximum absolute atomic E-state index is 14.9. The van der Waals surface area contributed by atoms with Gasteiger partial charge in [0.05, 0.1) is 29.0 Å². The average molecular weight is 948 g/mol. The minimum Gasteiger partial charge on any atom is -0.488 e. The van der Waals surface area contributed by atoms with Crippen LogP contribution >= 0.6 is 19.4 Å². The van der Waals surface area contributed by atoms with Crippen LogP contribution in [0, 0.1) is 22.7 Å². The molecule has 6 rings (SSSR count). The second kappa shape index (κ2) is 25.2. The van der Waals surface area contributed by atoms with Crippen LogP contribution in [0.3, 0.4) is 0 Å². The van der Waals surface area contributed by atoms with E-state index in [1.807, 2.05) is 0 Å². The number of anilines is 1. The Balaban J connectivity index is 1.07. The fourth-order valence-corrected chi connectivity index (χ4v) is 10.3. The fourth-order valence-electron chi connectivity index (χ4n) is 8.75. The van der Waals surface area contributed by atoms with Gasteiger partial charge in [0.25, 0.3) is 0 Å².